The molecule has 0 saturated carbocycles. The van der Waals surface area contributed by atoms with Gasteiger partial charge in [-0.1, -0.05) is 13.8 Å². The van der Waals surface area contributed by atoms with E-state index in [9.17, 15) is 0 Å². The fraction of sp³-hybridized carbons (Fsp3) is 0.500. The average Bonchev–Trinajstić information content (AvgIpc) is 2.79. The second-order valence-corrected chi connectivity index (χ2v) is 11.5. The number of hydrogen-bond donors (Lipinski definition) is 0. The Hall–Kier alpha value is 0.851. The molecule has 0 N–H and O–H groups in total. The van der Waals surface area contributed by atoms with Crippen molar-refractivity contribution in [1.82, 2.24) is 0 Å². The van der Waals surface area contributed by atoms with Gasteiger partial charge in [0, 0.05) is 0 Å². The largest absolute Gasteiger partial charge is 1.00 e. The van der Waals surface area contributed by atoms with Crippen LogP contribution in [-0.2, 0) is 19.2 Å². The van der Waals surface area contributed by atoms with E-state index in [0.717, 1.165) is 12.8 Å². The molecule has 2 rings (SSSR count). The molecular formula is C16H24Br2SiTi-2. The first kappa shape index (κ1) is 25.8. The predicted octanol–water partition coefficient (Wildman–Crippen LogP) is -1.04. The molecule has 0 unspecified atom stereocenters. The Bertz CT molecular complexity index is 348. The van der Waals surface area contributed by atoms with Crippen LogP contribution < -0.4 is 34.0 Å². The van der Waals surface area contributed by atoms with E-state index in [1.165, 1.54) is 22.3 Å². The van der Waals surface area contributed by atoms with Gasteiger partial charge in [0.05, 0.1) is 0 Å². The van der Waals surface area contributed by atoms with E-state index in [1.807, 2.05) is 0 Å². The fourth-order valence-electron chi connectivity index (χ4n) is 1.30. The molecular weight excluding hydrogens is 428 g/mol. The molecule has 0 amide bonds. The minimum atomic E-state index is 0. The van der Waals surface area contributed by atoms with Gasteiger partial charge in [0.2, 0.25) is 0 Å². The van der Waals surface area contributed by atoms with Crippen molar-refractivity contribution in [3.8, 4) is 0 Å². The first-order valence-electron chi connectivity index (χ1n) is 6.35. The molecule has 0 saturated heterocycles. The van der Waals surface area contributed by atoms with E-state index in [1.54, 1.807) is 0 Å². The van der Waals surface area contributed by atoms with Crippen molar-refractivity contribution in [1.29, 1.82) is 0 Å². The third kappa shape index (κ3) is 13.8. The monoisotopic (exact) mass is 450 g/mol. The molecule has 4 heteroatoms. The van der Waals surface area contributed by atoms with E-state index in [2.05, 4.69) is 84.3 Å². The summed E-state index contributed by atoms with van der Waals surface area (Å²) in [6, 6.07) is 0. The normalized spacial score (nSPS) is 14.8. The molecule has 0 spiro atoms. The smallest absolute Gasteiger partial charge is 1.00 e. The molecule has 0 aromatic heterocycles. The van der Waals surface area contributed by atoms with Crippen LogP contribution in [0.4, 0.5) is 0 Å². The van der Waals surface area contributed by atoms with Crippen LogP contribution in [0, 0.1) is 12.2 Å². The summed E-state index contributed by atoms with van der Waals surface area (Å²) in [6.45, 7) is 13.0. The zero-order valence-electron chi connectivity index (χ0n) is 13.3. The third-order valence-electron chi connectivity index (χ3n) is 2.73. The Balaban J connectivity index is -0.000000215. The number of allylic oxidation sites excluding steroid dienone is 8. The van der Waals surface area contributed by atoms with Gasteiger partial charge in [0.15, 0.2) is 0 Å². The second kappa shape index (κ2) is 14.8. The minimum absolute atomic E-state index is 0. The Morgan fingerprint density at radius 3 is 1.15 bits per heavy atom. The molecule has 2 aliphatic rings. The Morgan fingerprint density at radius 2 is 1.10 bits per heavy atom. The van der Waals surface area contributed by atoms with Gasteiger partial charge in [0.25, 0.3) is 0 Å². The van der Waals surface area contributed by atoms with Gasteiger partial charge in [-0.2, -0.15) is 12.2 Å². The molecule has 0 radical (unpaired) electrons. The maximum Gasteiger partial charge on any atom is -1.00 e. The Kier molecular flexibility index (Phi) is 19.0. The average molecular weight is 452 g/mol. The quantitative estimate of drug-likeness (QED) is 0.326. The molecule has 0 aromatic carbocycles. The van der Waals surface area contributed by atoms with Crippen LogP contribution >= 0.6 is 0 Å². The predicted molar refractivity (Wildman–Crippen MR) is 79.1 cm³/mol. The fourth-order valence-corrected chi connectivity index (χ4v) is 1.30. The van der Waals surface area contributed by atoms with E-state index in [4.69, 9.17) is 0 Å². The van der Waals surface area contributed by atoms with Crippen molar-refractivity contribution in [3.05, 3.63) is 46.6 Å². The molecule has 0 heterocycles. The maximum atomic E-state index is 3.19. The first-order valence-corrected chi connectivity index (χ1v) is 11.2. The van der Waals surface area contributed by atoms with Gasteiger partial charge in [-0.3, -0.25) is 12.2 Å². The third-order valence-corrected chi connectivity index (χ3v) is 2.73. The Labute approximate surface area is 158 Å². The van der Waals surface area contributed by atoms with Crippen LogP contribution in [0.25, 0.3) is 0 Å². The summed E-state index contributed by atoms with van der Waals surface area (Å²) in [5, 5.41) is 0. The van der Waals surface area contributed by atoms with Crippen molar-refractivity contribution in [2.75, 3.05) is 0 Å². The van der Waals surface area contributed by atoms with Gasteiger partial charge in [0.1, 0.15) is 0 Å². The molecule has 112 valence electrons. The van der Waals surface area contributed by atoms with Gasteiger partial charge in [-0.25, -0.2) is 22.3 Å². The molecule has 0 bridgehead atoms. The van der Waals surface area contributed by atoms with Crippen LogP contribution in [-0.4, -0.2) is 6.19 Å². The summed E-state index contributed by atoms with van der Waals surface area (Å²) in [7, 11) is 0. The van der Waals surface area contributed by atoms with Crippen LogP contribution in [0.5, 0.6) is 0 Å². The summed E-state index contributed by atoms with van der Waals surface area (Å²) in [6.07, 6.45) is 12.9. The van der Waals surface area contributed by atoms with Crippen molar-refractivity contribution in [2.45, 2.75) is 53.6 Å². The van der Waals surface area contributed by atoms with Crippen LogP contribution in [0.2, 0.25) is 13.1 Å². The zero-order chi connectivity index (χ0) is 14.1. The maximum absolute atomic E-state index is 3.19. The van der Waals surface area contributed by atoms with Crippen molar-refractivity contribution in [3.63, 3.8) is 0 Å². The molecule has 0 atom stereocenters. The zero-order valence-corrected chi connectivity index (χ0v) is 19.1. The Morgan fingerprint density at radius 1 is 0.850 bits per heavy atom. The van der Waals surface area contributed by atoms with E-state index >= 15 is 0 Å². The SMILES string of the molecule is CC1=[C-]CC=C1C.CC1=[C-]CC=C1C.C[Si](C)=[Ti+2].[Br-].[Br-]. The van der Waals surface area contributed by atoms with Crippen molar-refractivity contribution < 1.29 is 53.1 Å². The van der Waals surface area contributed by atoms with Crippen molar-refractivity contribution in [2.24, 2.45) is 0 Å². The minimum Gasteiger partial charge on any atom is -1.00 e. The molecule has 0 aromatic rings. The summed E-state index contributed by atoms with van der Waals surface area (Å²) >= 11 is 2.27. The first-order chi connectivity index (χ1) is 8.34. The van der Waals surface area contributed by atoms with Crippen LogP contribution in [0.15, 0.2) is 34.4 Å². The van der Waals surface area contributed by atoms with Crippen molar-refractivity contribution >= 4 is 6.19 Å². The molecule has 20 heavy (non-hydrogen) atoms. The van der Waals surface area contributed by atoms with E-state index in [-0.39, 0.29) is 40.1 Å². The van der Waals surface area contributed by atoms with Gasteiger partial charge in [-0.15, -0.1) is 26.7 Å². The van der Waals surface area contributed by atoms with Crippen LogP contribution in [0.3, 0.4) is 0 Å². The molecule has 0 fully saturated rings. The summed E-state index contributed by atoms with van der Waals surface area (Å²) in [5.41, 5.74) is 5.42. The summed E-state index contributed by atoms with van der Waals surface area (Å²) in [5.74, 6) is 0. The standard InChI is InChI=1S/2C7H9.C2H6Si.2BrH.Ti/c2*1-6-4-3-5-7(6)2;1-3-2;;;/h2*4H,3H2,1-2H3;1-2H3;2*1H;/q2*-1;;;;+2/p-2. The van der Waals surface area contributed by atoms with Gasteiger partial charge < -0.3 is 34.0 Å². The molecule has 0 nitrogen and oxygen atoms in total. The topological polar surface area (TPSA) is 0 Å². The number of halogens is 2. The van der Waals surface area contributed by atoms with Gasteiger partial charge >= 0.3 is 38.5 Å². The number of hydrogen-bond acceptors (Lipinski definition) is 0. The van der Waals surface area contributed by atoms with E-state index in [0.29, 0.717) is 0 Å². The second-order valence-electron chi connectivity index (χ2n) is 4.79. The molecule has 0 aliphatic heterocycles. The summed E-state index contributed by atoms with van der Waals surface area (Å²) in [4.78, 5) is 0. The summed E-state index contributed by atoms with van der Waals surface area (Å²) < 4.78 is 0. The van der Waals surface area contributed by atoms with E-state index < -0.39 is 0 Å². The van der Waals surface area contributed by atoms with Gasteiger partial charge in [-0.05, 0) is 0 Å². The molecule has 2 aliphatic carbocycles. The van der Waals surface area contributed by atoms with Crippen LogP contribution in [0.1, 0.15) is 40.5 Å². The number of rotatable bonds is 0.